The number of hydrogen-bond acceptors (Lipinski definition) is 5. The summed E-state index contributed by atoms with van der Waals surface area (Å²) in [6, 6.07) is 22.4. The Morgan fingerprint density at radius 3 is 2.07 bits per heavy atom. The third-order valence-corrected chi connectivity index (χ3v) is 7.23. The molecule has 2 unspecified atom stereocenters. The van der Waals surface area contributed by atoms with Gasteiger partial charge in [0.1, 0.15) is 17.6 Å². The third kappa shape index (κ3) is 7.98. The van der Waals surface area contributed by atoms with Gasteiger partial charge in [-0.05, 0) is 54.4 Å². The number of nitrogens with one attached hydrogen (secondary N) is 1. The summed E-state index contributed by atoms with van der Waals surface area (Å²) < 4.78 is 37.5. The SMILES string of the molecule is CCOc1cccc(C2=NC(c3ccc(Cl)cc3)C(c3ccc(Cl)cc3)N2C(=O)N2CCNCC2)c1.O=C(O)C(F)(F)F. The first kappa shape index (κ1) is 32.1. The van der Waals surface area contributed by atoms with Crippen molar-refractivity contribution in [1.82, 2.24) is 15.1 Å². The molecular formula is C30H29Cl2F3N4O4. The van der Waals surface area contributed by atoms with E-state index in [1.165, 1.54) is 0 Å². The fourth-order valence-electron chi connectivity index (χ4n) is 4.77. The van der Waals surface area contributed by atoms with Crippen LogP contribution in [0.3, 0.4) is 0 Å². The zero-order valence-corrected chi connectivity index (χ0v) is 24.5. The lowest BCUT2D eigenvalue weighted by atomic mass is 9.93. The number of carbonyl (C=O) groups excluding carboxylic acids is 1. The zero-order chi connectivity index (χ0) is 31.1. The number of carbonyl (C=O) groups is 2. The van der Waals surface area contributed by atoms with Crippen molar-refractivity contribution in [2.75, 3.05) is 32.8 Å². The number of nitrogens with zero attached hydrogens (tertiary/aromatic N) is 3. The Kier molecular flexibility index (Phi) is 10.5. The molecule has 228 valence electrons. The van der Waals surface area contributed by atoms with Gasteiger partial charge in [-0.1, -0.05) is 59.6 Å². The predicted molar refractivity (Wildman–Crippen MR) is 158 cm³/mol. The number of hydrogen-bond donors (Lipinski definition) is 2. The van der Waals surface area contributed by atoms with Gasteiger partial charge in [0.05, 0.1) is 12.6 Å². The number of aliphatic carboxylic acids is 1. The summed E-state index contributed by atoms with van der Waals surface area (Å²) in [5.74, 6) is -1.39. The molecule has 3 aromatic rings. The number of aliphatic imine (C=N–C) groups is 1. The predicted octanol–water partition coefficient (Wildman–Crippen LogP) is 6.60. The maximum absolute atomic E-state index is 14.1. The van der Waals surface area contributed by atoms with Gasteiger partial charge in [0.2, 0.25) is 0 Å². The van der Waals surface area contributed by atoms with Crippen molar-refractivity contribution in [3.63, 3.8) is 0 Å². The van der Waals surface area contributed by atoms with E-state index in [9.17, 15) is 18.0 Å². The van der Waals surface area contributed by atoms with Crippen LogP contribution in [0.1, 0.15) is 35.7 Å². The lowest BCUT2D eigenvalue weighted by Crippen LogP contribution is -2.53. The molecule has 0 aliphatic carbocycles. The minimum atomic E-state index is -5.08. The maximum atomic E-state index is 14.1. The number of amidine groups is 1. The van der Waals surface area contributed by atoms with Gasteiger partial charge in [-0.15, -0.1) is 0 Å². The molecule has 43 heavy (non-hydrogen) atoms. The van der Waals surface area contributed by atoms with Crippen LogP contribution in [-0.2, 0) is 4.79 Å². The molecule has 2 atom stereocenters. The van der Waals surface area contributed by atoms with E-state index in [0.717, 1.165) is 35.5 Å². The summed E-state index contributed by atoms with van der Waals surface area (Å²) in [7, 11) is 0. The lowest BCUT2D eigenvalue weighted by molar-refractivity contribution is -0.192. The molecule has 1 saturated heterocycles. The monoisotopic (exact) mass is 636 g/mol. The van der Waals surface area contributed by atoms with Gasteiger partial charge in [-0.25, -0.2) is 9.59 Å². The average Bonchev–Trinajstić information content (AvgIpc) is 3.39. The number of amides is 2. The zero-order valence-electron chi connectivity index (χ0n) is 23.0. The lowest BCUT2D eigenvalue weighted by Gasteiger charge is -2.36. The van der Waals surface area contributed by atoms with E-state index >= 15 is 0 Å². The number of carboxylic acid groups (broad SMARTS) is 1. The molecule has 5 rings (SSSR count). The number of carboxylic acids is 1. The Morgan fingerprint density at radius 2 is 1.53 bits per heavy atom. The molecular weight excluding hydrogens is 608 g/mol. The highest BCUT2D eigenvalue weighted by Gasteiger charge is 2.44. The molecule has 3 aromatic carbocycles. The van der Waals surface area contributed by atoms with Crippen molar-refractivity contribution in [3.05, 3.63) is 99.5 Å². The van der Waals surface area contributed by atoms with E-state index in [-0.39, 0.29) is 18.1 Å². The van der Waals surface area contributed by atoms with Gasteiger partial charge in [-0.2, -0.15) is 13.2 Å². The van der Waals surface area contributed by atoms with E-state index in [2.05, 4.69) is 5.32 Å². The van der Waals surface area contributed by atoms with Gasteiger partial charge >= 0.3 is 18.2 Å². The van der Waals surface area contributed by atoms with Crippen molar-refractivity contribution in [2.24, 2.45) is 4.99 Å². The number of halogens is 5. The number of urea groups is 1. The summed E-state index contributed by atoms with van der Waals surface area (Å²) in [6.45, 7) is 5.31. The summed E-state index contributed by atoms with van der Waals surface area (Å²) in [4.78, 5) is 32.0. The Morgan fingerprint density at radius 1 is 0.977 bits per heavy atom. The first-order valence-electron chi connectivity index (χ1n) is 13.4. The molecule has 1 fully saturated rings. The second-order valence-electron chi connectivity index (χ2n) is 9.60. The van der Waals surface area contributed by atoms with Crippen LogP contribution >= 0.6 is 23.2 Å². The standard InChI is InChI=1S/C28H28Cl2N4O2.C2HF3O2/c1-2-36-24-5-3-4-21(18-24)27-32-25(19-6-10-22(29)11-7-19)26(20-8-12-23(30)13-9-20)34(27)28(35)33-16-14-31-15-17-33;3-2(4,5)1(6)7/h3-13,18,25-26,31H,2,14-17H2,1H3;(H,6,7). The molecule has 0 radical (unpaired) electrons. The molecule has 2 aliphatic rings. The number of rotatable bonds is 5. The highest BCUT2D eigenvalue weighted by Crippen LogP contribution is 2.44. The first-order valence-corrected chi connectivity index (χ1v) is 14.2. The molecule has 2 heterocycles. The van der Waals surface area contributed by atoms with Crippen LogP contribution in [0.2, 0.25) is 10.0 Å². The highest BCUT2D eigenvalue weighted by atomic mass is 35.5. The molecule has 2 N–H and O–H groups in total. The normalized spacial score (nSPS) is 18.4. The fourth-order valence-corrected chi connectivity index (χ4v) is 5.02. The number of ether oxygens (including phenoxy) is 1. The van der Waals surface area contributed by atoms with Gasteiger partial charge in [0.15, 0.2) is 0 Å². The first-order chi connectivity index (χ1) is 20.5. The van der Waals surface area contributed by atoms with Crippen molar-refractivity contribution in [1.29, 1.82) is 0 Å². The molecule has 2 aliphatic heterocycles. The van der Waals surface area contributed by atoms with Crippen LogP contribution in [0.15, 0.2) is 77.8 Å². The van der Waals surface area contributed by atoms with Crippen molar-refractivity contribution in [2.45, 2.75) is 25.2 Å². The van der Waals surface area contributed by atoms with Crippen molar-refractivity contribution < 1.29 is 32.6 Å². The van der Waals surface area contributed by atoms with Gasteiger partial charge < -0.3 is 20.1 Å². The van der Waals surface area contributed by atoms with Crippen LogP contribution in [0, 0.1) is 0 Å². The van der Waals surface area contributed by atoms with Crippen LogP contribution in [-0.4, -0.2) is 71.7 Å². The summed E-state index contributed by atoms with van der Waals surface area (Å²) in [6.07, 6.45) is -5.08. The molecule has 8 nitrogen and oxygen atoms in total. The van der Waals surface area contributed by atoms with E-state index in [0.29, 0.717) is 35.6 Å². The van der Waals surface area contributed by atoms with Crippen molar-refractivity contribution in [3.8, 4) is 5.75 Å². The number of alkyl halides is 3. The minimum Gasteiger partial charge on any atom is -0.494 e. The Hall–Kier alpha value is -3.80. The van der Waals surface area contributed by atoms with E-state index in [1.807, 2.05) is 89.5 Å². The van der Waals surface area contributed by atoms with Crippen LogP contribution < -0.4 is 10.1 Å². The topological polar surface area (TPSA) is 94.5 Å². The van der Waals surface area contributed by atoms with Crippen molar-refractivity contribution >= 4 is 41.0 Å². The van der Waals surface area contributed by atoms with Crippen LogP contribution in [0.4, 0.5) is 18.0 Å². The molecule has 0 aromatic heterocycles. The quantitative estimate of drug-likeness (QED) is 0.329. The molecule has 0 bridgehead atoms. The molecule has 0 spiro atoms. The molecule has 0 saturated carbocycles. The van der Waals surface area contributed by atoms with E-state index in [4.69, 9.17) is 42.8 Å². The van der Waals surface area contributed by atoms with Gasteiger partial charge in [0, 0.05) is 41.8 Å². The highest BCUT2D eigenvalue weighted by molar-refractivity contribution is 6.30. The molecule has 2 amide bonds. The van der Waals surface area contributed by atoms with E-state index in [1.54, 1.807) is 0 Å². The van der Waals surface area contributed by atoms with Gasteiger partial charge in [-0.3, -0.25) is 9.89 Å². The summed E-state index contributed by atoms with van der Waals surface area (Å²) in [5, 5.41) is 11.8. The maximum Gasteiger partial charge on any atom is 0.490 e. The Labute approximate surface area is 256 Å². The smallest absolute Gasteiger partial charge is 0.490 e. The summed E-state index contributed by atoms with van der Waals surface area (Å²) >= 11 is 12.4. The van der Waals surface area contributed by atoms with Crippen LogP contribution in [0.25, 0.3) is 0 Å². The number of benzene rings is 3. The van der Waals surface area contributed by atoms with Gasteiger partial charge in [0.25, 0.3) is 0 Å². The third-order valence-electron chi connectivity index (χ3n) is 6.73. The average molecular weight is 637 g/mol. The van der Waals surface area contributed by atoms with E-state index < -0.39 is 12.1 Å². The minimum absolute atomic E-state index is 0.0616. The molecule has 13 heteroatoms. The fraction of sp³-hybridized carbons (Fsp3) is 0.300. The largest absolute Gasteiger partial charge is 0.494 e. The second kappa shape index (κ2) is 14.1. The second-order valence-corrected chi connectivity index (χ2v) is 10.5. The summed E-state index contributed by atoms with van der Waals surface area (Å²) in [5.41, 5.74) is 2.77. The number of piperazine rings is 1. The van der Waals surface area contributed by atoms with Crippen LogP contribution in [0.5, 0.6) is 5.75 Å². The Balaban J connectivity index is 0.000000541. The Bertz CT molecular complexity index is 1450.